The number of hydrogen-bond donors (Lipinski definition) is 0. The van der Waals surface area contributed by atoms with Gasteiger partial charge in [-0.05, 0) is 22.9 Å². The van der Waals surface area contributed by atoms with Crippen LogP contribution in [0.15, 0.2) is 24.3 Å². The summed E-state index contributed by atoms with van der Waals surface area (Å²) in [6, 6.07) is 5.88. The monoisotopic (exact) mass is 235 g/mol. The minimum absolute atomic E-state index is 0.281. The molecule has 5 nitrogen and oxygen atoms in total. The molecule has 0 spiro atoms. The quantitative estimate of drug-likeness (QED) is 0.810. The first-order chi connectivity index (χ1) is 8.26. The van der Waals surface area contributed by atoms with Gasteiger partial charge in [-0.1, -0.05) is 22.3 Å². The van der Waals surface area contributed by atoms with E-state index < -0.39 is 0 Å². The third-order valence-corrected chi connectivity index (χ3v) is 2.22. The highest BCUT2D eigenvalue weighted by Crippen LogP contribution is 2.34. The van der Waals surface area contributed by atoms with Crippen LogP contribution in [0.1, 0.15) is 0 Å². The Hall–Kier alpha value is -2.24. The van der Waals surface area contributed by atoms with Crippen LogP contribution in [-0.4, -0.2) is 29.6 Å². The molecule has 6 heteroatoms. The van der Waals surface area contributed by atoms with Crippen molar-refractivity contribution in [3.63, 3.8) is 0 Å². The Labute approximate surface area is 97.2 Å². The SMILES string of the molecule is COc1nnnc(OC)c1-c1ccc(F)cc1. The lowest BCUT2D eigenvalue weighted by Gasteiger charge is -2.09. The van der Waals surface area contributed by atoms with Crippen LogP contribution in [-0.2, 0) is 0 Å². The molecule has 0 fully saturated rings. The van der Waals surface area contributed by atoms with E-state index in [9.17, 15) is 4.39 Å². The molecular weight excluding hydrogens is 225 g/mol. The maximum absolute atomic E-state index is 12.9. The Bertz CT molecular complexity index is 494. The molecule has 0 saturated carbocycles. The molecule has 0 N–H and O–H groups in total. The van der Waals surface area contributed by atoms with Gasteiger partial charge in [0.25, 0.3) is 0 Å². The van der Waals surface area contributed by atoms with E-state index in [2.05, 4.69) is 15.4 Å². The summed E-state index contributed by atoms with van der Waals surface area (Å²) in [6.07, 6.45) is 0. The maximum atomic E-state index is 12.9. The van der Waals surface area contributed by atoms with E-state index in [1.807, 2.05) is 0 Å². The molecule has 17 heavy (non-hydrogen) atoms. The van der Waals surface area contributed by atoms with Crippen LogP contribution < -0.4 is 9.47 Å². The van der Waals surface area contributed by atoms with E-state index in [4.69, 9.17) is 9.47 Å². The van der Waals surface area contributed by atoms with Gasteiger partial charge in [0.15, 0.2) is 0 Å². The largest absolute Gasteiger partial charge is 0.479 e. The van der Waals surface area contributed by atoms with Crippen molar-refractivity contribution in [1.29, 1.82) is 0 Å². The minimum Gasteiger partial charge on any atom is -0.479 e. The summed E-state index contributed by atoms with van der Waals surface area (Å²) in [6.45, 7) is 0. The van der Waals surface area contributed by atoms with Crippen LogP contribution in [0.2, 0.25) is 0 Å². The van der Waals surface area contributed by atoms with Crippen LogP contribution in [0, 0.1) is 5.82 Å². The Morgan fingerprint density at radius 2 is 1.47 bits per heavy atom. The molecule has 0 radical (unpaired) electrons. The van der Waals surface area contributed by atoms with Crippen LogP contribution in [0.25, 0.3) is 11.1 Å². The van der Waals surface area contributed by atoms with Crippen molar-refractivity contribution < 1.29 is 13.9 Å². The van der Waals surface area contributed by atoms with E-state index in [-0.39, 0.29) is 17.6 Å². The van der Waals surface area contributed by atoms with Crippen molar-refractivity contribution in [1.82, 2.24) is 15.4 Å². The molecule has 0 aliphatic carbocycles. The van der Waals surface area contributed by atoms with Gasteiger partial charge in [-0.2, -0.15) is 0 Å². The summed E-state index contributed by atoms with van der Waals surface area (Å²) in [4.78, 5) is 0. The van der Waals surface area contributed by atoms with Gasteiger partial charge < -0.3 is 9.47 Å². The zero-order valence-corrected chi connectivity index (χ0v) is 9.35. The Balaban J connectivity index is 2.59. The van der Waals surface area contributed by atoms with Crippen molar-refractivity contribution in [2.24, 2.45) is 0 Å². The third kappa shape index (κ3) is 2.15. The summed E-state index contributed by atoms with van der Waals surface area (Å²) >= 11 is 0. The minimum atomic E-state index is -0.318. The molecule has 0 atom stereocenters. The van der Waals surface area contributed by atoms with Gasteiger partial charge >= 0.3 is 0 Å². The molecule has 0 saturated heterocycles. The first-order valence-electron chi connectivity index (χ1n) is 4.83. The second-order valence-corrected chi connectivity index (χ2v) is 3.19. The molecule has 2 aromatic rings. The van der Waals surface area contributed by atoms with E-state index >= 15 is 0 Å². The summed E-state index contributed by atoms with van der Waals surface area (Å²) < 4.78 is 23.0. The number of methoxy groups -OCH3 is 2. The Kier molecular flexibility index (Phi) is 3.13. The van der Waals surface area contributed by atoms with E-state index in [0.717, 1.165) is 0 Å². The zero-order chi connectivity index (χ0) is 12.3. The lowest BCUT2D eigenvalue weighted by Crippen LogP contribution is -2.01. The molecule has 1 heterocycles. The number of halogens is 1. The number of hydrogen-bond acceptors (Lipinski definition) is 5. The summed E-state index contributed by atoms with van der Waals surface area (Å²) in [7, 11) is 2.94. The maximum Gasteiger partial charge on any atom is 0.248 e. The molecule has 0 bridgehead atoms. The Morgan fingerprint density at radius 1 is 0.941 bits per heavy atom. The highest BCUT2D eigenvalue weighted by Gasteiger charge is 2.16. The van der Waals surface area contributed by atoms with Crippen LogP contribution in [0.3, 0.4) is 0 Å². The normalized spacial score (nSPS) is 10.1. The van der Waals surface area contributed by atoms with E-state index in [1.165, 1.54) is 26.4 Å². The van der Waals surface area contributed by atoms with Crippen molar-refractivity contribution in [3.05, 3.63) is 30.1 Å². The van der Waals surface area contributed by atoms with Gasteiger partial charge in [0.1, 0.15) is 11.4 Å². The molecule has 88 valence electrons. The lowest BCUT2D eigenvalue weighted by atomic mass is 10.1. The molecule has 2 rings (SSSR count). The molecule has 0 amide bonds. The number of rotatable bonds is 3. The van der Waals surface area contributed by atoms with Crippen molar-refractivity contribution in [2.75, 3.05) is 14.2 Å². The number of nitrogens with zero attached hydrogens (tertiary/aromatic N) is 3. The molecule has 0 aliphatic rings. The first kappa shape index (κ1) is 11.3. The fourth-order valence-electron chi connectivity index (χ4n) is 1.44. The summed E-state index contributed by atoms with van der Waals surface area (Å²) in [5, 5.41) is 11.0. The van der Waals surface area contributed by atoms with Gasteiger partial charge in [0, 0.05) is 0 Å². The highest BCUT2D eigenvalue weighted by molar-refractivity contribution is 5.72. The van der Waals surface area contributed by atoms with Crippen LogP contribution in [0.4, 0.5) is 4.39 Å². The fourth-order valence-corrected chi connectivity index (χ4v) is 1.44. The van der Waals surface area contributed by atoms with Gasteiger partial charge in [-0.25, -0.2) is 4.39 Å². The first-order valence-corrected chi connectivity index (χ1v) is 4.83. The van der Waals surface area contributed by atoms with Gasteiger partial charge in [0.05, 0.1) is 14.2 Å². The third-order valence-electron chi connectivity index (χ3n) is 2.22. The molecule has 0 unspecified atom stereocenters. The predicted octanol–water partition coefficient (Wildman–Crippen LogP) is 1.69. The lowest BCUT2D eigenvalue weighted by molar-refractivity contribution is 0.362. The average molecular weight is 235 g/mol. The second kappa shape index (κ2) is 4.73. The van der Waals surface area contributed by atoms with Gasteiger partial charge in [-0.3, -0.25) is 0 Å². The van der Waals surface area contributed by atoms with Crippen molar-refractivity contribution >= 4 is 0 Å². The topological polar surface area (TPSA) is 57.1 Å². The summed E-state index contributed by atoms with van der Waals surface area (Å²) in [5.41, 5.74) is 1.24. The number of aromatic nitrogens is 3. The Morgan fingerprint density at radius 3 is 1.94 bits per heavy atom. The van der Waals surface area contributed by atoms with E-state index in [1.54, 1.807) is 12.1 Å². The zero-order valence-electron chi connectivity index (χ0n) is 9.35. The van der Waals surface area contributed by atoms with Crippen LogP contribution >= 0.6 is 0 Å². The van der Waals surface area contributed by atoms with Crippen LogP contribution in [0.5, 0.6) is 11.8 Å². The smallest absolute Gasteiger partial charge is 0.248 e. The number of benzene rings is 1. The molecule has 1 aromatic heterocycles. The molecule has 0 aliphatic heterocycles. The van der Waals surface area contributed by atoms with Gasteiger partial charge in [-0.15, -0.1) is 0 Å². The van der Waals surface area contributed by atoms with Crippen molar-refractivity contribution in [2.45, 2.75) is 0 Å². The second-order valence-electron chi connectivity index (χ2n) is 3.19. The standard InChI is InChI=1S/C11H10FN3O2/c1-16-10-9(11(17-2)14-15-13-10)7-3-5-8(12)6-4-7/h3-6H,1-2H3. The molecule has 1 aromatic carbocycles. The highest BCUT2D eigenvalue weighted by atomic mass is 19.1. The van der Waals surface area contributed by atoms with Gasteiger partial charge in [0.2, 0.25) is 11.8 Å². The number of ether oxygens (including phenoxy) is 2. The average Bonchev–Trinajstić information content (AvgIpc) is 2.38. The van der Waals surface area contributed by atoms with E-state index in [0.29, 0.717) is 11.1 Å². The summed E-state index contributed by atoms with van der Waals surface area (Å²) in [5.74, 6) is 0.244. The fraction of sp³-hybridized carbons (Fsp3) is 0.182. The molecular formula is C11H10FN3O2. The van der Waals surface area contributed by atoms with Crippen molar-refractivity contribution in [3.8, 4) is 22.9 Å². The predicted molar refractivity (Wildman–Crippen MR) is 58.3 cm³/mol.